The van der Waals surface area contributed by atoms with Crippen LogP contribution in [0.3, 0.4) is 0 Å². The van der Waals surface area contributed by atoms with Crippen LogP contribution in [0.15, 0.2) is 24.3 Å². The van der Waals surface area contributed by atoms with Gasteiger partial charge in [0.05, 0.1) is 12.2 Å². The van der Waals surface area contributed by atoms with Crippen LogP contribution in [0, 0.1) is 11.8 Å². The van der Waals surface area contributed by atoms with Crippen molar-refractivity contribution in [2.45, 2.75) is 6.18 Å². The fourth-order valence-electron chi connectivity index (χ4n) is 3.27. The molecule has 26 heavy (non-hydrogen) atoms. The highest BCUT2D eigenvalue weighted by atomic mass is 19.4. The second kappa shape index (κ2) is 8.83. The molecule has 0 radical (unpaired) electrons. The molecule has 1 aromatic rings. The van der Waals surface area contributed by atoms with Crippen LogP contribution in [0.2, 0.25) is 0 Å². The van der Waals surface area contributed by atoms with Gasteiger partial charge in [-0.2, -0.15) is 13.2 Å². The van der Waals surface area contributed by atoms with E-state index in [1.165, 1.54) is 17.0 Å². The number of rotatable bonds is 7. The van der Waals surface area contributed by atoms with Crippen LogP contribution in [0.5, 0.6) is 0 Å². The first-order valence-corrected chi connectivity index (χ1v) is 8.51. The molecule has 1 amide bonds. The SMILES string of the molecule is COCCN(C)C[C@@H]1CN(C(=O)c2cccc(C(F)(F)F)c2)C[C@@H]1CO. The number of aliphatic hydroxyl groups is 1. The molecular weight excluding hydrogens is 349 g/mol. The van der Waals surface area contributed by atoms with Crippen molar-refractivity contribution in [3.63, 3.8) is 0 Å². The zero-order valence-corrected chi connectivity index (χ0v) is 15.0. The van der Waals surface area contributed by atoms with E-state index in [9.17, 15) is 23.1 Å². The number of nitrogens with zero attached hydrogens (tertiary/aromatic N) is 2. The van der Waals surface area contributed by atoms with E-state index in [0.717, 1.165) is 18.7 Å². The number of halogens is 3. The molecular formula is C18H25F3N2O3. The largest absolute Gasteiger partial charge is 0.416 e. The van der Waals surface area contributed by atoms with Crippen molar-refractivity contribution in [3.05, 3.63) is 35.4 Å². The lowest BCUT2D eigenvalue weighted by molar-refractivity contribution is -0.137. The fraction of sp³-hybridized carbons (Fsp3) is 0.611. The van der Waals surface area contributed by atoms with Crippen molar-refractivity contribution >= 4 is 5.91 Å². The molecule has 5 nitrogen and oxygen atoms in total. The summed E-state index contributed by atoms with van der Waals surface area (Å²) in [5.41, 5.74) is -0.818. The minimum atomic E-state index is -4.48. The maximum atomic E-state index is 12.9. The number of benzene rings is 1. The quantitative estimate of drug-likeness (QED) is 0.793. The highest BCUT2D eigenvalue weighted by molar-refractivity contribution is 5.94. The zero-order chi connectivity index (χ0) is 19.3. The van der Waals surface area contributed by atoms with Crippen molar-refractivity contribution in [1.29, 1.82) is 0 Å². The van der Waals surface area contributed by atoms with E-state index in [-0.39, 0.29) is 24.0 Å². The minimum absolute atomic E-state index is 0.0184. The first-order chi connectivity index (χ1) is 12.3. The first-order valence-electron chi connectivity index (χ1n) is 8.51. The van der Waals surface area contributed by atoms with Crippen molar-refractivity contribution in [1.82, 2.24) is 9.80 Å². The van der Waals surface area contributed by atoms with Crippen LogP contribution < -0.4 is 0 Å². The van der Waals surface area contributed by atoms with Gasteiger partial charge in [0.15, 0.2) is 0 Å². The van der Waals surface area contributed by atoms with Crippen molar-refractivity contribution in [3.8, 4) is 0 Å². The number of alkyl halides is 3. The van der Waals surface area contributed by atoms with Crippen molar-refractivity contribution in [2.24, 2.45) is 11.8 Å². The molecule has 0 bridgehead atoms. The summed E-state index contributed by atoms with van der Waals surface area (Å²) in [7, 11) is 3.56. The summed E-state index contributed by atoms with van der Waals surface area (Å²) in [6.45, 7) is 2.69. The smallest absolute Gasteiger partial charge is 0.396 e. The summed E-state index contributed by atoms with van der Waals surface area (Å²) in [4.78, 5) is 16.2. The molecule has 0 spiro atoms. The molecule has 1 fully saturated rings. The second-order valence-corrected chi connectivity index (χ2v) is 6.75. The number of aliphatic hydroxyl groups excluding tert-OH is 1. The normalized spacial score (nSPS) is 20.8. The highest BCUT2D eigenvalue weighted by Crippen LogP contribution is 2.31. The monoisotopic (exact) mass is 374 g/mol. The van der Waals surface area contributed by atoms with Crippen LogP contribution in [0.25, 0.3) is 0 Å². The number of ether oxygens (including phenoxy) is 1. The van der Waals surface area contributed by atoms with Crippen LogP contribution in [0.1, 0.15) is 15.9 Å². The van der Waals surface area contributed by atoms with E-state index in [1.54, 1.807) is 7.11 Å². The molecule has 2 atom stereocenters. The molecule has 0 aliphatic carbocycles. The number of likely N-dealkylation sites (tertiary alicyclic amines) is 1. The number of amides is 1. The van der Waals surface area contributed by atoms with Gasteiger partial charge in [-0.15, -0.1) is 0 Å². The number of hydrogen-bond donors (Lipinski definition) is 1. The number of carbonyl (C=O) groups excluding carboxylic acids is 1. The van der Waals surface area contributed by atoms with E-state index in [4.69, 9.17) is 4.74 Å². The fourth-order valence-corrected chi connectivity index (χ4v) is 3.27. The molecule has 1 N–H and O–H groups in total. The van der Waals surface area contributed by atoms with Gasteiger partial charge in [-0.3, -0.25) is 4.79 Å². The Morgan fingerprint density at radius 1 is 1.35 bits per heavy atom. The van der Waals surface area contributed by atoms with Gasteiger partial charge < -0.3 is 19.6 Å². The molecule has 0 aromatic heterocycles. The molecule has 1 heterocycles. The van der Waals surface area contributed by atoms with Gasteiger partial charge in [-0.25, -0.2) is 0 Å². The molecule has 1 saturated heterocycles. The van der Waals surface area contributed by atoms with Crippen LogP contribution in [-0.4, -0.2) is 74.4 Å². The predicted molar refractivity (Wildman–Crippen MR) is 90.8 cm³/mol. The molecule has 8 heteroatoms. The third-order valence-corrected chi connectivity index (χ3v) is 4.76. The third kappa shape index (κ3) is 5.18. The topological polar surface area (TPSA) is 53.0 Å². The predicted octanol–water partition coefficient (Wildman–Crippen LogP) is 1.96. The summed E-state index contributed by atoms with van der Waals surface area (Å²) >= 11 is 0. The number of carbonyl (C=O) groups is 1. The molecule has 1 aromatic carbocycles. The first kappa shape index (κ1) is 20.7. The van der Waals surface area contributed by atoms with E-state index in [2.05, 4.69) is 4.90 Å². The van der Waals surface area contributed by atoms with Crippen molar-refractivity contribution in [2.75, 3.05) is 53.6 Å². The summed E-state index contributed by atoms with van der Waals surface area (Å²) in [5, 5.41) is 9.62. The van der Waals surface area contributed by atoms with Gasteiger partial charge in [0.1, 0.15) is 0 Å². The summed E-state index contributed by atoms with van der Waals surface area (Å²) < 4.78 is 43.6. The number of likely N-dealkylation sites (N-methyl/N-ethyl adjacent to an activating group) is 1. The molecule has 2 rings (SSSR count). The van der Waals surface area contributed by atoms with Gasteiger partial charge in [-0.1, -0.05) is 6.07 Å². The Balaban J connectivity index is 2.06. The molecule has 0 unspecified atom stereocenters. The number of hydrogen-bond acceptors (Lipinski definition) is 4. The third-order valence-electron chi connectivity index (χ3n) is 4.76. The molecule has 1 aliphatic rings. The van der Waals surface area contributed by atoms with E-state index >= 15 is 0 Å². The zero-order valence-electron chi connectivity index (χ0n) is 15.0. The van der Waals surface area contributed by atoms with Gasteiger partial charge >= 0.3 is 6.18 Å². The average Bonchev–Trinajstić information content (AvgIpc) is 3.01. The van der Waals surface area contributed by atoms with Gasteiger partial charge in [0.2, 0.25) is 0 Å². The Labute approximate surface area is 151 Å². The number of methoxy groups -OCH3 is 1. The van der Waals surface area contributed by atoms with E-state index in [0.29, 0.717) is 26.2 Å². The standard InChI is InChI=1S/C18H25F3N2O3/c1-22(6-7-26-2)9-14-10-23(11-15(14)12-24)17(25)13-4-3-5-16(8-13)18(19,20)21/h3-5,8,14-15,24H,6-7,9-12H2,1-2H3/t14-,15-/m1/s1. The lowest BCUT2D eigenvalue weighted by Gasteiger charge is -2.23. The van der Waals surface area contributed by atoms with Gasteiger partial charge in [0.25, 0.3) is 5.91 Å². The molecule has 1 aliphatic heterocycles. The van der Waals surface area contributed by atoms with Gasteiger partial charge in [-0.05, 0) is 31.2 Å². The van der Waals surface area contributed by atoms with Crippen LogP contribution in [-0.2, 0) is 10.9 Å². The summed E-state index contributed by atoms with van der Waals surface area (Å²) in [5.74, 6) is -0.456. The Kier molecular flexibility index (Phi) is 7.02. The van der Waals surface area contributed by atoms with E-state index in [1.807, 2.05) is 7.05 Å². The Bertz CT molecular complexity index is 610. The summed E-state index contributed by atoms with van der Waals surface area (Å²) in [6.07, 6.45) is -4.48. The van der Waals surface area contributed by atoms with Crippen molar-refractivity contribution < 1.29 is 27.8 Å². The Hall–Kier alpha value is -1.64. The van der Waals surface area contributed by atoms with Gasteiger partial charge in [0, 0.05) is 51.4 Å². The van der Waals surface area contributed by atoms with Crippen LogP contribution >= 0.6 is 0 Å². The molecule has 0 saturated carbocycles. The Morgan fingerprint density at radius 3 is 2.65 bits per heavy atom. The average molecular weight is 374 g/mol. The Morgan fingerprint density at radius 2 is 2.04 bits per heavy atom. The lowest BCUT2D eigenvalue weighted by Crippen LogP contribution is -2.33. The molecule has 146 valence electrons. The maximum absolute atomic E-state index is 12.9. The van der Waals surface area contributed by atoms with E-state index < -0.39 is 17.6 Å². The minimum Gasteiger partial charge on any atom is -0.396 e. The lowest BCUT2D eigenvalue weighted by atomic mass is 9.96. The maximum Gasteiger partial charge on any atom is 0.416 e. The van der Waals surface area contributed by atoms with Crippen LogP contribution in [0.4, 0.5) is 13.2 Å². The second-order valence-electron chi connectivity index (χ2n) is 6.75. The highest BCUT2D eigenvalue weighted by Gasteiger charge is 2.36. The summed E-state index contributed by atoms with van der Waals surface area (Å²) in [6, 6.07) is 4.47.